The molecule has 1 aliphatic heterocycles. The molecule has 2 heterocycles. The molecule has 1 fully saturated rings. The number of benzene rings is 1. The first-order chi connectivity index (χ1) is 13.5. The average molecular weight is 389 g/mol. The van der Waals surface area contributed by atoms with Gasteiger partial charge in [0.1, 0.15) is 17.5 Å². The molecule has 0 spiro atoms. The molecule has 0 unspecified atom stereocenters. The minimum atomic E-state index is -0.289. The van der Waals surface area contributed by atoms with E-state index < -0.39 is 0 Å². The van der Waals surface area contributed by atoms with Gasteiger partial charge >= 0.3 is 0 Å². The van der Waals surface area contributed by atoms with Crippen LogP contribution in [0.1, 0.15) is 36.0 Å². The van der Waals surface area contributed by atoms with Gasteiger partial charge in [-0.1, -0.05) is 12.1 Å². The van der Waals surface area contributed by atoms with E-state index in [0.717, 1.165) is 30.1 Å². The highest BCUT2D eigenvalue weighted by Gasteiger charge is 2.27. The van der Waals surface area contributed by atoms with E-state index in [4.69, 9.17) is 5.11 Å². The van der Waals surface area contributed by atoms with Crippen LogP contribution >= 0.6 is 0 Å². The van der Waals surface area contributed by atoms with Gasteiger partial charge in [0.25, 0.3) is 0 Å². The Labute approximate surface area is 164 Å². The van der Waals surface area contributed by atoms with E-state index >= 15 is 0 Å². The van der Waals surface area contributed by atoms with Crippen LogP contribution in [0.4, 0.5) is 4.39 Å². The van der Waals surface area contributed by atoms with Crippen LogP contribution in [0.25, 0.3) is 0 Å². The molecular weight excluding hydrogens is 361 g/mol. The molecule has 1 aliphatic rings. The number of rotatable bonds is 7. The zero-order valence-electron chi connectivity index (χ0n) is 16.5. The Morgan fingerprint density at radius 1 is 1.25 bits per heavy atom. The van der Waals surface area contributed by atoms with E-state index in [2.05, 4.69) is 10.2 Å². The number of aromatic nitrogens is 3. The van der Waals surface area contributed by atoms with Crippen LogP contribution in [0.3, 0.4) is 0 Å². The monoisotopic (exact) mass is 389 g/mol. The summed E-state index contributed by atoms with van der Waals surface area (Å²) >= 11 is 0. The van der Waals surface area contributed by atoms with Crippen molar-refractivity contribution in [3.8, 4) is 0 Å². The molecular formula is C20H28FN5O2. The summed E-state index contributed by atoms with van der Waals surface area (Å²) in [7, 11) is 3.92. The van der Waals surface area contributed by atoms with Crippen molar-refractivity contribution in [1.82, 2.24) is 24.6 Å². The normalized spacial score (nSPS) is 15.4. The molecule has 1 amide bonds. The molecule has 0 aliphatic carbocycles. The van der Waals surface area contributed by atoms with Gasteiger partial charge in [-0.15, -0.1) is 10.2 Å². The van der Waals surface area contributed by atoms with Crippen molar-refractivity contribution in [1.29, 1.82) is 0 Å². The van der Waals surface area contributed by atoms with Crippen LogP contribution in [0, 0.1) is 5.82 Å². The van der Waals surface area contributed by atoms with E-state index in [1.54, 1.807) is 12.1 Å². The Hall–Kier alpha value is -2.32. The zero-order valence-corrected chi connectivity index (χ0v) is 16.5. The number of hydrogen-bond donors (Lipinski definition) is 1. The third kappa shape index (κ3) is 4.94. The number of halogens is 1. The number of aliphatic hydroxyl groups is 1. The van der Waals surface area contributed by atoms with E-state index in [-0.39, 0.29) is 24.2 Å². The second-order valence-electron chi connectivity index (χ2n) is 7.45. The first-order valence-electron chi connectivity index (χ1n) is 9.67. The van der Waals surface area contributed by atoms with E-state index in [0.29, 0.717) is 32.6 Å². The van der Waals surface area contributed by atoms with E-state index in [1.807, 2.05) is 28.5 Å². The van der Waals surface area contributed by atoms with Gasteiger partial charge in [-0.2, -0.15) is 0 Å². The molecule has 1 N–H and O–H groups in total. The van der Waals surface area contributed by atoms with Gasteiger partial charge in [-0.05, 0) is 37.6 Å². The molecule has 0 atom stereocenters. The molecule has 1 saturated heterocycles. The smallest absolute Gasteiger partial charge is 0.226 e. The number of carbonyl (C=O) groups is 1. The molecule has 0 saturated carbocycles. The fraction of sp³-hybridized carbons (Fsp3) is 0.550. The molecule has 8 heteroatoms. The molecule has 152 valence electrons. The maximum atomic E-state index is 13.0. The van der Waals surface area contributed by atoms with Crippen molar-refractivity contribution < 1.29 is 14.3 Å². The van der Waals surface area contributed by atoms with Crippen LogP contribution in [0.5, 0.6) is 0 Å². The Kier molecular flexibility index (Phi) is 6.74. The molecule has 28 heavy (non-hydrogen) atoms. The first kappa shape index (κ1) is 20.4. The third-order valence-electron chi connectivity index (χ3n) is 5.37. The molecule has 0 bridgehead atoms. The third-order valence-corrected chi connectivity index (χ3v) is 5.37. The van der Waals surface area contributed by atoms with Crippen molar-refractivity contribution >= 4 is 5.91 Å². The lowest BCUT2D eigenvalue weighted by Gasteiger charge is -2.31. The van der Waals surface area contributed by atoms with Crippen LogP contribution < -0.4 is 0 Å². The lowest BCUT2D eigenvalue weighted by molar-refractivity contribution is -0.131. The quantitative estimate of drug-likeness (QED) is 0.773. The summed E-state index contributed by atoms with van der Waals surface area (Å²) in [6.45, 7) is 2.73. The number of likely N-dealkylation sites (N-methyl/N-ethyl adjacent to an activating group) is 1. The Balaban J connectivity index is 1.54. The fourth-order valence-corrected chi connectivity index (χ4v) is 3.64. The second-order valence-corrected chi connectivity index (χ2v) is 7.45. The molecule has 0 radical (unpaired) electrons. The molecule has 3 rings (SSSR count). The summed E-state index contributed by atoms with van der Waals surface area (Å²) in [6, 6.07) is 6.10. The van der Waals surface area contributed by atoms with Crippen molar-refractivity contribution in [2.24, 2.45) is 7.05 Å². The number of carbonyl (C=O) groups excluding carboxylic acids is 1. The van der Waals surface area contributed by atoms with Gasteiger partial charge in [0.05, 0.1) is 19.6 Å². The van der Waals surface area contributed by atoms with Gasteiger partial charge in [-0.3, -0.25) is 9.69 Å². The highest BCUT2D eigenvalue weighted by molar-refractivity contribution is 5.78. The van der Waals surface area contributed by atoms with Gasteiger partial charge in [0.15, 0.2) is 0 Å². The minimum Gasteiger partial charge on any atom is -0.395 e. The highest BCUT2D eigenvalue weighted by atomic mass is 19.1. The van der Waals surface area contributed by atoms with Crippen LogP contribution in [0.15, 0.2) is 24.3 Å². The number of hydrogen-bond acceptors (Lipinski definition) is 5. The van der Waals surface area contributed by atoms with Gasteiger partial charge < -0.3 is 14.6 Å². The SMILES string of the molecule is CN(CCO)Cc1nnc(C2CCN(C(=O)Cc3ccc(F)cc3)CC2)n1C. The van der Waals surface area contributed by atoms with Crippen LogP contribution in [0.2, 0.25) is 0 Å². The Morgan fingerprint density at radius 3 is 2.57 bits per heavy atom. The van der Waals surface area contributed by atoms with Crippen LogP contribution in [-0.4, -0.2) is 68.9 Å². The maximum absolute atomic E-state index is 13.0. The lowest BCUT2D eigenvalue weighted by atomic mass is 9.95. The standard InChI is InChI=1S/C20H28FN5O2/c1-24(11-12-27)14-18-22-23-20(25(18)2)16-7-9-26(10-8-16)19(28)13-15-3-5-17(21)6-4-15/h3-6,16,27H,7-14H2,1-2H3. The van der Waals surface area contributed by atoms with E-state index in [9.17, 15) is 9.18 Å². The summed E-state index contributed by atoms with van der Waals surface area (Å²) in [4.78, 5) is 16.4. The number of nitrogens with zero attached hydrogens (tertiary/aromatic N) is 5. The predicted octanol–water partition coefficient (Wildman–Crippen LogP) is 1.33. The molecule has 1 aromatic heterocycles. The highest BCUT2D eigenvalue weighted by Crippen LogP contribution is 2.27. The second kappa shape index (κ2) is 9.25. The summed E-state index contributed by atoms with van der Waals surface area (Å²) in [5, 5.41) is 17.7. The predicted molar refractivity (Wildman–Crippen MR) is 103 cm³/mol. The topological polar surface area (TPSA) is 74.5 Å². The lowest BCUT2D eigenvalue weighted by Crippen LogP contribution is -2.39. The van der Waals surface area contributed by atoms with Crippen molar-refractivity contribution in [2.45, 2.75) is 31.7 Å². The molecule has 7 nitrogen and oxygen atoms in total. The Bertz CT molecular complexity index is 784. The van der Waals surface area contributed by atoms with Crippen molar-refractivity contribution in [3.05, 3.63) is 47.3 Å². The fourth-order valence-electron chi connectivity index (χ4n) is 3.64. The number of amides is 1. The summed E-state index contributed by atoms with van der Waals surface area (Å²) in [5.41, 5.74) is 0.832. The van der Waals surface area contributed by atoms with Crippen molar-refractivity contribution in [3.63, 3.8) is 0 Å². The van der Waals surface area contributed by atoms with E-state index in [1.165, 1.54) is 12.1 Å². The van der Waals surface area contributed by atoms with Crippen LogP contribution in [-0.2, 0) is 24.8 Å². The average Bonchev–Trinajstić information content (AvgIpc) is 3.04. The first-order valence-corrected chi connectivity index (χ1v) is 9.67. The minimum absolute atomic E-state index is 0.0781. The van der Waals surface area contributed by atoms with Crippen molar-refractivity contribution in [2.75, 3.05) is 33.3 Å². The Morgan fingerprint density at radius 2 is 1.93 bits per heavy atom. The van der Waals surface area contributed by atoms with Gasteiger partial charge in [0.2, 0.25) is 5.91 Å². The van der Waals surface area contributed by atoms with Gasteiger partial charge in [-0.25, -0.2) is 4.39 Å². The van der Waals surface area contributed by atoms with Gasteiger partial charge in [0, 0.05) is 32.6 Å². The summed E-state index contributed by atoms with van der Waals surface area (Å²) in [6.07, 6.45) is 2.01. The largest absolute Gasteiger partial charge is 0.395 e. The summed E-state index contributed by atoms with van der Waals surface area (Å²) < 4.78 is 15.0. The number of likely N-dealkylation sites (tertiary alicyclic amines) is 1. The number of aliphatic hydroxyl groups excluding tert-OH is 1. The zero-order chi connectivity index (χ0) is 20.1. The maximum Gasteiger partial charge on any atom is 0.226 e. The molecule has 1 aromatic carbocycles. The molecule has 2 aromatic rings. The number of piperidine rings is 1. The summed E-state index contributed by atoms with van der Waals surface area (Å²) in [5.74, 6) is 1.90.